The van der Waals surface area contributed by atoms with Gasteiger partial charge in [-0.25, -0.2) is 0 Å². The van der Waals surface area contributed by atoms with Crippen LogP contribution < -0.4 is 0 Å². The van der Waals surface area contributed by atoms with Crippen LogP contribution >= 0.6 is 0 Å². The fourth-order valence-corrected chi connectivity index (χ4v) is 2.33. The number of rotatable bonds is 3. The molecule has 1 aromatic heterocycles. The van der Waals surface area contributed by atoms with Crippen LogP contribution in [0.2, 0.25) is 0 Å². The summed E-state index contributed by atoms with van der Waals surface area (Å²) in [6, 6.07) is 2.05. The van der Waals surface area contributed by atoms with Crippen LogP contribution in [0.4, 0.5) is 0 Å². The van der Waals surface area contributed by atoms with Gasteiger partial charge in [-0.3, -0.25) is 4.68 Å². The fraction of sp³-hybridized carbons (Fsp3) is 0.750. The van der Waals surface area contributed by atoms with Crippen LogP contribution in [0.3, 0.4) is 0 Å². The molecule has 2 rings (SSSR count). The average molecular weight is 224 g/mol. The van der Waals surface area contributed by atoms with Crippen molar-refractivity contribution in [1.82, 2.24) is 9.78 Å². The Morgan fingerprint density at radius 2 is 2.44 bits per heavy atom. The van der Waals surface area contributed by atoms with Gasteiger partial charge in [0.05, 0.1) is 17.9 Å². The summed E-state index contributed by atoms with van der Waals surface area (Å²) < 4.78 is 7.32. The Bertz CT molecular complexity index is 354. The summed E-state index contributed by atoms with van der Waals surface area (Å²) in [6.07, 6.45) is 2.40. The van der Waals surface area contributed by atoms with Crippen molar-refractivity contribution in [2.75, 3.05) is 13.2 Å². The maximum absolute atomic E-state index is 10.4. The molecule has 0 saturated carbocycles. The van der Waals surface area contributed by atoms with Crippen molar-refractivity contribution in [3.63, 3.8) is 0 Å². The van der Waals surface area contributed by atoms with Gasteiger partial charge in [-0.15, -0.1) is 0 Å². The minimum atomic E-state index is -0.697. The molecule has 4 heteroatoms. The second-order valence-electron chi connectivity index (χ2n) is 4.65. The molecule has 16 heavy (non-hydrogen) atoms. The minimum Gasteiger partial charge on any atom is -0.387 e. The third kappa shape index (κ3) is 2.44. The number of aryl methyl sites for hydroxylation is 2. The van der Waals surface area contributed by atoms with Crippen LogP contribution in [-0.4, -0.2) is 33.7 Å². The first-order valence-corrected chi connectivity index (χ1v) is 5.96. The van der Waals surface area contributed by atoms with Gasteiger partial charge in [-0.05, 0) is 32.8 Å². The van der Waals surface area contributed by atoms with E-state index in [9.17, 15) is 5.11 Å². The molecule has 1 N–H and O–H groups in total. The number of aliphatic hydroxyl groups is 1. The van der Waals surface area contributed by atoms with E-state index in [0.717, 1.165) is 37.4 Å². The molecule has 0 amide bonds. The summed E-state index contributed by atoms with van der Waals surface area (Å²) >= 11 is 0. The smallest absolute Gasteiger partial charge is 0.0935 e. The van der Waals surface area contributed by atoms with Crippen molar-refractivity contribution in [2.45, 2.75) is 45.3 Å². The molecule has 1 aromatic rings. The zero-order valence-corrected chi connectivity index (χ0v) is 10.1. The van der Waals surface area contributed by atoms with Gasteiger partial charge >= 0.3 is 0 Å². The van der Waals surface area contributed by atoms with E-state index in [2.05, 4.69) is 18.1 Å². The molecular weight excluding hydrogens is 204 g/mol. The van der Waals surface area contributed by atoms with E-state index in [4.69, 9.17) is 4.74 Å². The highest BCUT2D eigenvalue weighted by molar-refractivity contribution is 5.12. The zero-order valence-electron chi connectivity index (χ0n) is 10.1. The largest absolute Gasteiger partial charge is 0.387 e. The number of hydrogen-bond acceptors (Lipinski definition) is 3. The monoisotopic (exact) mass is 224 g/mol. The molecule has 1 fully saturated rings. The fourth-order valence-electron chi connectivity index (χ4n) is 2.33. The second kappa shape index (κ2) is 4.55. The van der Waals surface area contributed by atoms with E-state index in [0.29, 0.717) is 13.0 Å². The van der Waals surface area contributed by atoms with E-state index >= 15 is 0 Å². The van der Waals surface area contributed by atoms with Gasteiger partial charge in [0.2, 0.25) is 0 Å². The molecular formula is C12H20N2O2. The molecule has 0 bridgehead atoms. The minimum absolute atomic E-state index is 0.445. The van der Waals surface area contributed by atoms with Crippen molar-refractivity contribution >= 4 is 0 Å². The summed E-state index contributed by atoms with van der Waals surface area (Å²) in [5.41, 5.74) is 1.42. The first kappa shape index (κ1) is 11.6. The van der Waals surface area contributed by atoms with E-state index in [1.165, 1.54) is 0 Å². The van der Waals surface area contributed by atoms with Gasteiger partial charge < -0.3 is 9.84 Å². The summed E-state index contributed by atoms with van der Waals surface area (Å²) in [5.74, 6) is 0. The van der Waals surface area contributed by atoms with Crippen LogP contribution in [0.1, 0.15) is 31.2 Å². The Labute approximate surface area is 96.2 Å². The molecule has 0 aromatic carbocycles. The third-order valence-corrected chi connectivity index (χ3v) is 3.10. The Morgan fingerprint density at radius 1 is 1.62 bits per heavy atom. The van der Waals surface area contributed by atoms with Crippen molar-refractivity contribution in [1.29, 1.82) is 0 Å². The predicted octanol–water partition coefficient (Wildman–Crippen LogP) is 1.30. The number of nitrogens with zero attached hydrogens (tertiary/aromatic N) is 2. The number of ether oxygens (including phenoxy) is 1. The molecule has 1 unspecified atom stereocenters. The highest BCUT2D eigenvalue weighted by atomic mass is 16.5. The molecule has 1 saturated heterocycles. The Kier molecular flexibility index (Phi) is 3.30. The lowest BCUT2D eigenvalue weighted by atomic mass is 9.91. The summed E-state index contributed by atoms with van der Waals surface area (Å²) in [5, 5.41) is 14.8. The van der Waals surface area contributed by atoms with Crippen molar-refractivity contribution in [3.8, 4) is 0 Å². The zero-order chi connectivity index (χ0) is 11.6. The first-order chi connectivity index (χ1) is 7.63. The Morgan fingerprint density at radius 3 is 3.06 bits per heavy atom. The summed E-state index contributed by atoms with van der Waals surface area (Å²) in [4.78, 5) is 0. The van der Waals surface area contributed by atoms with Crippen LogP contribution in [0.25, 0.3) is 0 Å². The molecule has 1 aliphatic rings. The standard InChI is InChI=1S/C12H20N2O2/c1-3-14-11(7-10(2)13-14)8-12(15)5-4-6-16-9-12/h7,15H,3-6,8-9H2,1-2H3. The van der Waals surface area contributed by atoms with Crippen molar-refractivity contribution in [2.24, 2.45) is 0 Å². The normalized spacial score (nSPS) is 25.9. The molecule has 0 spiro atoms. The van der Waals surface area contributed by atoms with E-state index in [1.54, 1.807) is 0 Å². The molecule has 1 aliphatic heterocycles. The van der Waals surface area contributed by atoms with Gasteiger partial charge in [0, 0.05) is 25.3 Å². The molecule has 2 heterocycles. The van der Waals surface area contributed by atoms with E-state index in [1.807, 2.05) is 11.6 Å². The topological polar surface area (TPSA) is 47.3 Å². The van der Waals surface area contributed by atoms with Crippen molar-refractivity contribution in [3.05, 3.63) is 17.5 Å². The Balaban J connectivity index is 2.12. The maximum atomic E-state index is 10.4. The molecule has 1 atom stereocenters. The number of aromatic nitrogens is 2. The summed E-state index contributed by atoms with van der Waals surface area (Å²) in [7, 11) is 0. The lowest BCUT2D eigenvalue weighted by Crippen LogP contribution is -2.41. The molecule has 0 aliphatic carbocycles. The van der Waals surface area contributed by atoms with Crippen LogP contribution in [0.15, 0.2) is 6.07 Å². The first-order valence-electron chi connectivity index (χ1n) is 5.96. The quantitative estimate of drug-likeness (QED) is 0.841. The average Bonchev–Trinajstić information content (AvgIpc) is 2.59. The lowest BCUT2D eigenvalue weighted by Gasteiger charge is -2.31. The predicted molar refractivity (Wildman–Crippen MR) is 61.3 cm³/mol. The molecule has 0 radical (unpaired) electrons. The molecule has 90 valence electrons. The lowest BCUT2D eigenvalue weighted by molar-refractivity contribution is -0.0854. The van der Waals surface area contributed by atoms with Crippen LogP contribution in [0, 0.1) is 6.92 Å². The summed E-state index contributed by atoms with van der Waals surface area (Å²) in [6.45, 7) is 6.11. The second-order valence-corrected chi connectivity index (χ2v) is 4.65. The third-order valence-electron chi connectivity index (χ3n) is 3.10. The van der Waals surface area contributed by atoms with Gasteiger partial charge in [0.15, 0.2) is 0 Å². The highest BCUT2D eigenvalue weighted by Gasteiger charge is 2.31. The van der Waals surface area contributed by atoms with E-state index < -0.39 is 5.60 Å². The Hall–Kier alpha value is -0.870. The maximum Gasteiger partial charge on any atom is 0.0935 e. The van der Waals surface area contributed by atoms with Gasteiger partial charge in [0.25, 0.3) is 0 Å². The molecule has 4 nitrogen and oxygen atoms in total. The SMILES string of the molecule is CCn1nc(C)cc1CC1(O)CCCOC1. The van der Waals surface area contributed by atoms with Crippen molar-refractivity contribution < 1.29 is 9.84 Å². The van der Waals surface area contributed by atoms with E-state index in [-0.39, 0.29) is 0 Å². The van der Waals surface area contributed by atoms with Crippen LogP contribution in [0.5, 0.6) is 0 Å². The highest BCUT2D eigenvalue weighted by Crippen LogP contribution is 2.24. The van der Waals surface area contributed by atoms with Gasteiger partial charge in [0.1, 0.15) is 0 Å². The van der Waals surface area contributed by atoms with Crippen LogP contribution in [-0.2, 0) is 17.7 Å². The number of hydrogen-bond donors (Lipinski definition) is 1. The van der Waals surface area contributed by atoms with Gasteiger partial charge in [-0.1, -0.05) is 0 Å². The van der Waals surface area contributed by atoms with Gasteiger partial charge in [-0.2, -0.15) is 5.10 Å².